The molecule has 1 aromatic heterocycles. The number of nitro groups is 1. The molecule has 0 amide bonds. The van der Waals surface area contributed by atoms with Crippen molar-refractivity contribution >= 4 is 27.0 Å². The van der Waals surface area contributed by atoms with Crippen LogP contribution in [0, 0.1) is 24.0 Å². The Kier molecular flexibility index (Phi) is 5.36. The van der Waals surface area contributed by atoms with E-state index in [4.69, 9.17) is 0 Å². The van der Waals surface area contributed by atoms with E-state index >= 15 is 0 Å². The van der Waals surface area contributed by atoms with Crippen molar-refractivity contribution in [1.29, 1.82) is 0 Å². The van der Waals surface area contributed by atoms with E-state index in [1.807, 2.05) is 37.3 Å². The zero-order chi connectivity index (χ0) is 19.6. The fourth-order valence-electron chi connectivity index (χ4n) is 2.53. The van der Waals surface area contributed by atoms with E-state index in [0.717, 1.165) is 27.2 Å². The summed E-state index contributed by atoms with van der Waals surface area (Å²) in [6, 6.07) is 13.4. The summed E-state index contributed by atoms with van der Waals surface area (Å²) in [7, 11) is -3.89. The number of aryl methyl sites for hydroxylation is 2. The quantitative estimate of drug-likeness (QED) is 0.498. The van der Waals surface area contributed by atoms with Crippen LogP contribution in [0.1, 0.15) is 16.1 Å². The standard InChI is InChI=1S/C18H17N3O4S2/c1-12-8-9-15(21(22)23)10-17(12)27(24,25)19-11-16-13(2)20-18(26-16)14-6-4-3-5-7-14/h3-10,19H,11H2,1-2H3. The molecule has 0 radical (unpaired) electrons. The monoisotopic (exact) mass is 403 g/mol. The van der Waals surface area contributed by atoms with Crippen LogP contribution in [0.5, 0.6) is 0 Å². The molecule has 1 heterocycles. The molecule has 0 aliphatic heterocycles. The Bertz CT molecular complexity index is 1090. The van der Waals surface area contributed by atoms with Crippen molar-refractivity contribution in [1.82, 2.24) is 9.71 Å². The molecule has 0 aliphatic rings. The summed E-state index contributed by atoms with van der Waals surface area (Å²) in [5.41, 5.74) is 1.90. The third-order valence-corrected chi connectivity index (χ3v) is 6.76. The van der Waals surface area contributed by atoms with Gasteiger partial charge in [0.25, 0.3) is 5.69 Å². The highest BCUT2D eigenvalue weighted by molar-refractivity contribution is 7.89. The van der Waals surface area contributed by atoms with Crippen molar-refractivity contribution in [2.24, 2.45) is 0 Å². The Morgan fingerprint density at radius 2 is 1.85 bits per heavy atom. The second-order valence-electron chi connectivity index (χ2n) is 5.93. The van der Waals surface area contributed by atoms with Gasteiger partial charge in [-0.1, -0.05) is 36.4 Å². The number of thiazole rings is 1. The predicted octanol–water partition coefficient (Wildman–Crippen LogP) is 3.81. The number of hydrogen-bond acceptors (Lipinski definition) is 6. The number of nitrogens with zero attached hydrogens (tertiary/aromatic N) is 2. The second-order valence-corrected chi connectivity index (χ2v) is 8.74. The van der Waals surface area contributed by atoms with Crippen LogP contribution in [0.15, 0.2) is 53.4 Å². The van der Waals surface area contributed by atoms with Crippen LogP contribution in [-0.4, -0.2) is 18.3 Å². The van der Waals surface area contributed by atoms with Crippen LogP contribution in [0.2, 0.25) is 0 Å². The molecule has 3 rings (SSSR count). The third-order valence-electron chi connectivity index (χ3n) is 4.01. The Morgan fingerprint density at radius 3 is 2.52 bits per heavy atom. The predicted molar refractivity (Wildman–Crippen MR) is 104 cm³/mol. The number of nitro benzene ring substituents is 1. The van der Waals surface area contributed by atoms with E-state index in [0.29, 0.717) is 5.56 Å². The van der Waals surface area contributed by atoms with Crippen molar-refractivity contribution < 1.29 is 13.3 Å². The van der Waals surface area contributed by atoms with Gasteiger partial charge >= 0.3 is 0 Å². The zero-order valence-corrected chi connectivity index (χ0v) is 16.3. The minimum Gasteiger partial charge on any atom is -0.258 e. The third kappa shape index (κ3) is 4.21. The minimum absolute atomic E-state index is 0.0702. The molecule has 9 heteroatoms. The van der Waals surface area contributed by atoms with Gasteiger partial charge in [0.15, 0.2) is 0 Å². The summed E-state index contributed by atoms with van der Waals surface area (Å²) in [5, 5.41) is 11.8. The first-order valence-electron chi connectivity index (χ1n) is 8.04. The van der Waals surface area contributed by atoms with E-state index in [1.54, 1.807) is 6.92 Å². The summed E-state index contributed by atoms with van der Waals surface area (Å²) in [6.45, 7) is 3.50. The van der Waals surface area contributed by atoms with Gasteiger partial charge in [0.1, 0.15) is 5.01 Å². The number of aromatic nitrogens is 1. The van der Waals surface area contributed by atoms with Gasteiger partial charge in [-0.3, -0.25) is 10.1 Å². The van der Waals surface area contributed by atoms with Crippen LogP contribution >= 0.6 is 11.3 Å². The average Bonchev–Trinajstić information content (AvgIpc) is 3.02. The summed E-state index contributed by atoms with van der Waals surface area (Å²) in [4.78, 5) is 15.5. The molecule has 0 fully saturated rings. The summed E-state index contributed by atoms with van der Waals surface area (Å²) < 4.78 is 27.8. The molecule has 0 aliphatic carbocycles. The normalized spacial score (nSPS) is 11.5. The Morgan fingerprint density at radius 1 is 1.15 bits per heavy atom. The van der Waals surface area contributed by atoms with Crippen LogP contribution in [0.3, 0.4) is 0 Å². The van der Waals surface area contributed by atoms with Crippen molar-refractivity contribution in [2.75, 3.05) is 0 Å². The number of hydrogen-bond donors (Lipinski definition) is 1. The van der Waals surface area contributed by atoms with Crippen molar-refractivity contribution in [3.8, 4) is 10.6 Å². The summed E-state index contributed by atoms with van der Waals surface area (Å²) >= 11 is 1.41. The van der Waals surface area contributed by atoms with E-state index in [2.05, 4.69) is 9.71 Å². The van der Waals surface area contributed by atoms with E-state index < -0.39 is 14.9 Å². The maximum atomic E-state index is 12.6. The molecule has 27 heavy (non-hydrogen) atoms. The fourth-order valence-corrected chi connectivity index (χ4v) is 4.88. The highest BCUT2D eigenvalue weighted by atomic mass is 32.2. The molecular formula is C18H17N3O4S2. The highest BCUT2D eigenvalue weighted by Gasteiger charge is 2.21. The summed E-state index contributed by atoms with van der Waals surface area (Å²) in [6.07, 6.45) is 0. The Labute approximate surface area is 160 Å². The van der Waals surface area contributed by atoms with Crippen molar-refractivity contribution in [3.05, 3.63) is 74.8 Å². The molecule has 0 saturated heterocycles. The molecule has 0 bridgehead atoms. The Balaban J connectivity index is 1.83. The molecule has 1 N–H and O–H groups in total. The zero-order valence-electron chi connectivity index (χ0n) is 14.7. The van der Waals surface area contributed by atoms with Gasteiger partial charge in [0.2, 0.25) is 10.0 Å². The van der Waals surface area contributed by atoms with Crippen molar-refractivity contribution in [2.45, 2.75) is 25.3 Å². The van der Waals surface area contributed by atoms with Crippen LogP contribution in [0.25, 0.3) is 10.6 Å². The largest absolute Gasteiger partial charge is 0.270 e. The molecule has 0 atom stereocenters. The molecule has 3 aromatic rings. The first-order valence-corrected chi connectivity index (χ1v) is 10.3. The van der Waals surface area contributed by atoms with E-state index in [1.165, 1.54) is 23.5 Å². The smallest absolute Gasteiger partial charge is 0.258 e. The van der Waals surface area contributed by atoms with Gasteiger partial charge < -0.3 is 0 Å². The maximum absolute atomic E-state index is 12.6. The van der Waals surface area contributed by atoms with Crippen LogP contribution in [0.4, 0.5) is 5.69 Å². The van der Waals surface area contributed by atoms with Gasteiger partial charge in [-0.2, -0.15) is 0 Å². The first-order chi connectivity index (χ1) is 12.8. The van der Waals surface area contributed by atoms with Gasteiger partial charge in [-0.15, -0.1) is 11.3 Å². The number of sulfonamides is 1. The van der Waals surface area contributed by atoms with Gasteiger partial charge in [0.05, 0.1) is 15.5 Å². The SMILES string of the molecule is Cc1ccc([N+](=O)[O-])cc1S(=O)(=O)NCc1sc(-c2ccccc2)nc1C. The molecule has 7 nitrogen and oxygen atoms in total. The average molecular weight is 403 g/mol. The lowest BCUT2D eigenvalue weighted by molar-refractivity contribution is -0.385. The van der Waals surface area contributed by atoms with Gasteiger partial charge in [0, 0.05) is 29.1 Å². The number of benzene rings is 2. The van der Waals surface area contributed by atoms with Gasteiger partial charge in [-0.25, -0.2) is 18.1 Å². The molecule has 0 unspecified atom stereocenters. The van der Waals surface area contributed by atoms with E-state index in [9.17, 15) is 18.5 Å². The van der Waals surface area contributed by atoms with Crippen molar-refractivity contribution in [3.63, 3.8) is 0 Å². The van der Waals surface area contributed by atoms with E-state index in [-0.39, 0.29) is 17.1 Å². The molecule has 2 aromatic carbocycles. The lowest BCUT2D eigenvalue weighted by Crippen LogP contribution is -2.24. The van der Waals surface area contributed by atoms with Crippen LogP contribution < -0.4 is 4.72 Å². The Hall–Kier alpha value is -2.62. The summed E-state index contributed by atoms with van der Waals surface area (Å²) in [5.74, 6) is 0. The topological polar surface area (TPSA) is 102 Å². The molecule has 0 spiro atoms. The number of nitrogens with one attached hydrogen (secondary N) is 1. The minimum atomic E-state index is -3.89. The lowest BCUT2D eigenvalue weighted by Gasteiger charge is -2.08. The number of non-ortho nitro benzene ring substituents is 1. The maximum Gasteiger partial charge on any atom is 0.270 e. The number of rotatable bonds is 6. The van der Waals surface area contributed by atoms with Gasteiger partial charge in [-0.05, 0) is 19.4 Å². The molecule has 0 saturated carbocycles. The molecular weight excluding hydrogens is 386 g/mol. The fraction of sp³-hybridized carbons (Fsp3) is 0.167. The second kappa shape index (κ2) is 7.55. The van der Waals surface area contributed by atoms with Crippen LogP contribution in [-0.2, 0) is 16.6 Å². The molecule has 140 valence electrons. The highest BCUT2D eigenvalue weighted by Crippen LogP contribution is 2.28. The first kappa shape index (κ1) is 19.2. The lowest BCUT2D eigenvalue weighted by atomic mass is 10.2.